The van der Waals surface area contributed by atoms with Crippen LogP contribution in [0.5, 0.6) is 0 Å². The minimum Gasteiger partial charge on any atom is -0.354 e. The van der Waals surface area contributed by atoms with E-state index in [-0.39, 0.29) is 5.41 Å². The second-order valence-corrected chi connectivity index (χ2v) is 7.64. The van der Waals surface area contributed by atoms with Gasteiger partial charge >= 0.3 is 0 Å². The number of fused-ring (bicyclic) bond motifs is 5. The van der Waals surface area contributed by atoms with Crippen LogP contribution in [-0.2, 0) is 11.8 Å². The highest BCUT2D eigenvalue weighted by Crippen LogP contribution is 2.47. The molecular weight excluding hydrogens is 306 g/mol. The van der Waals surface area contributed by atoms with Crippen LogP contribution >= 0.6 is 0 Å². The van der Waals surface area contributed by atoms with Gasteiger partial charge in [0.05, 0.1) is 22.8 Å². The van der Waals surface area contributed by atoms with E-state index < -0.39 is 0 Å². The molecule has 2 heterocycles. The quantitative estimate of drug-likeness (QED) is 0.514. The molecule has 1 aliphatic carbocycles. The van der Waals surface area contributed by atoms with Crippen LogP contribution < -0.4 is 0 Å². The Morgan fingerprint density at radius 2 is 1.72 bits per heavy atom. The van der Waals surface area contributed by atoms with E-state index in [4.69, 9.17) is 5.10 Å². The number of hydrogen-bond donors (Lipinski definition) is 1. The third kappa shape index (κ3) is 1.95. The Kier molecular flexibility index (Phi) is 2.82. The summed E-state index contributed by atoms with van der Waals surface area (Å²) >= 11 is 0. The van der Waals surface area contributed by atoms with E-state index in [1.165, 1.54) is 33.4 Å². The predicted molar refractivity (Wildman–Crippen MR) is 102 cm³/mol. The first-order chi connectivity index (χ1) is 12.1. The van der Waals surface area contributed by atoms with E-state index in [0.717, 1.165) is 17.8 Å². The smallest absolute Gasteiger partial charge is 0.0694 e. The molecule has 0 spiro atoms. The summed E-state index contributed by atoms with van der Waals surface area (Å²) in [7, 11) is 0. The second kappa shape index (κ2) is 4.85. The molecule has 0 unspecified atom stereocenters. The van der Waals surface area contributed by atoms with E-state index in [9.17, 15) is 0 Å². The van der Waals surface area contributed by atoms with Gasteiger partial charge < -0.3 is 4.98 Å². The molecule has 1 aliphatic rings. The zero-order valence-corrected chi connectivity index (χ0v) is 14.8. The molecule has 0 atom stereocenters. The summed E-state index contributed by atoms with van der Waals surface area (Å²) in [6, 6.07) is 19.1. The van der Waals surface area contributed by atoms with Gasteiger partial charge in [-0.2, -0.15) is 5.10 Å². The Morgan fingerprint density at radius 1 is 1.00 bits per heavy atom. The van der Waals surface area contributed by atoms with Crippen LogP contribution in [0.4, 0.5) is 0 Å². The number of rotatable bonds is 1. The molecule has 0 saturated carbocycles. The molecule has 25 heavy (non-hydrogen) atoms. The van der Waals surface area contributed by atoms with Crippen molar-refractivity contribution in [1.29, 1.82) is 0 Å². The number of aromatic nitrogens is 3. The molecule has 5 rings (SSSR count). The van der Waals surface area contributed by atoms with Crippen molar-refractivity contribution < 1.29 is 0 Å². The average Bonchev–Trinajstić information content (AvgIpc) is 3.13. The summed E-state index contributed by atoms with van der Waals surface area (Å²) in [6.07, 6.45) is 0.979. The molecular formula is C22H21N3. The van der Waals surface area contributed by atoms with Crippen molar-refractivity contribution in [2.75, 3.05) is 0 Å². The maximum absolute atomic E-state index is 4.89. The van der Waals surface area contributed by atoms with Crippen molar-refractivity contribution in [3.63, 3.8) is 0 Å². The summed E-state index contributed by atoms with van der Waals surface area (Å²) in [5.74, 6) is 0. The number of nitrogens with zero attached hydrogens (tertiary/aromatic N) is 2. The molecule has 2 aromatic carbocycles. The highest BCUT2D eigenvalue weighted by Gasteiger charge is 2.37. The zero-order chi connectivity index (χ0) is 17.2. The number of aryl methyl sites for hydroxylation is 1. The fraction of sp³-hybridized carbons (Fsp3) is 0.227. The van der Waals surface area contributed by atoms with Gasteiger partial charge in [0.25, 0.3) is 0 Å². The van der Waals surface area contributed by atoms with Gasteiger partial charge in [0.1, 0.15) is 0 Å². The number of para-hydroxylation sites is 2. The van der Waals surface area contributed by atoms with Gasteiger partial charge in [-0.3, -0.25) is 0 Å². The Morgan fingerprint density at radius 3 is 2.52 bits per heavy atom. The van der Waals surface area contributed by atoms with Gasteiger partial charge in [-0.15, -0.1) is 0 Å². The number of hydrogen-bond acceptors (Lipinski definition) is 1. The summed E-state index contributed by atoms with van der Waals surface area (Å²) in [5.41, 5.74) is 8.71. The van der Waals surface area contributed by atoms with E-state index in [0.29, 0.717) is 0 Å². The van der Waals surface area contributed by atoms with Crippen LogP contribution in [0.1, 0.15) is 30.8 Å². The van der Waals surface area contributed by atoms with E-state index in [1.54, 1.807) is 0 Å². The molecule has 4 aromatic rings. The van der Waals surface area contributed by atoms with Crippen LogP contribution in [0, 0.1) is 6.92 Å². The first-order valence-electron chi connectivity index (χ1n) is 8.82. The molecule has 0 fully saturated rings. The lowest BCUT2D eigenvalue weighted by molar-refractivity contribution is 0.506. The minimum absolute atomic E-state index is 0.0565. The topological polar surface area (TPSA) is 33.6 Å². The molecule has 0 aliphatic heterocycles. The van der Waals surface area contributed by atoms with E-state index in [1.807, 2.05) is 6.07 Å². The van der Waals surface area contributed by atoms with Gasteiger partial charge in [0.2, 0.25) is 0 Å². The Bertz CT molecular complexity index is 1100. The molecule has 2 aromatic heterocycles. The van der Waals surface area contributed by atoms with Gasteiger partial charge in [0.15, 0.2) is 0 Å². The maximum atomic E-state index is 4.89. The predicted octanol–water partition coefficient (Wildman–Crippen LogP) is 5.16. The molecule has 0 saturated heterocycles. The summed E-state index contributed by atoms with van der Waals surface area (Å²) < 4.78 is 2.13. The molecule has 0 amide bonds. The van der Waals surface area contributed by atoms with Crippen molar-refractivity contribution in [3.8, 4) is 16.9 Å². The summed E-state index contributed by atoms with van der Waals surface area (Å²) in [4.78, 5) is 3.68. The maximum Gasteiger partial charge on any atom is 0.0694 e. The minimum atomic E-state index is 0.0565. The van der Waals surface area contributed by atoms with Crippen molar-refractivity contribution in [2.24, 2.45) is 0 Å². The lowest BCUT2D eigenvalue weighted by atomic mass is 9.73. The lowest BCUT2D eigenvalue weighted by Crippen LogP contribution is -2.26. The first kappa shape index (κ1) is 14.5. The SMILES string of the molecule is Cc1nn(-c2ccccc2)c2c1-c1[nH]c3ccccc3c1C(C)(C)C2. The average molecular weight is 327 g/mol. The van der Waals surface area contributed by atoms with Crippen molar-refractivity contribution in [2.45, 2.75) is 32.6 Å². The number of nitrogens with one attached hydrogen (secondary N) is 1. The van der Waals surface area contributed by atoms with Crippen LogP contribution in [0.15, 0.2) is 54.6 Å². The molecule has 3 nitrogen and oxygen atoms in total. The Balaban J connectivity index is 1.86. The van der Waals surface area contributed by atoms with Gasteiger partial charge in [-0.1, -0.05) is 50.2 Å². The third-order valence-electron chi connectivity index (χ3n) is 5.40. The molecule has 1 N–H and O–H groups in total. The largest absolute Gasteiger partial charge is 0.354 e. The van der Waals surface area contributed by atoms with Crippen molar-refractivity contribution in [3.05, 3.63) is 71.5 Å². The fourth-order valence-corrected chi connectivity index (χ4v) is 4.39. The monoisotopic (exact) mass is 327 g/mol. The summed E-state index contributed by atoms with van der Waals surface area (Å²) in [5, 5.41) is 6.23. The number of benzene rings is 2. The normalized spacial score (nSPS) is 15.2. The Hall–Kier alpha value is -2.81. The number of aromatic amines is 1. The van der Waals surface area contributed by atoms with Crippen molar-refractivity contribution >= 4 is 10.9 Å². The van der Waals surface area contributed by atoms with E-state index >= 15 is 0 Å². The van der Waals surface area contributed by atoms with Gasteiger partial charge in [-0.05, 0) is 42.5 Å². The van der Waals surface area contributed by atoms with Gasteiger partial charge in [0, 0.05) is 16.5 Å². The van der Waals surface area contributed by atoms with Crippen LogP contribution in [0.3, 0.4) is 0 Å². The van der Waals surface area contributed by atoms with Crippen molar-refractivity contribution in [1.82, 2.24) is 14.8 Å². The highest BCUT2D eigenvalue weighted by atomic mass is 15.3. The molecule has 0 radical (unpaired) electrons. The van der Waals surface area contributed by atoms with Gasteiger partial charge in [-0.25, -0.2) is 4.68 Å². The standard InChI is InChI=1S/C22H21N3/c1-14-19-18(25(24-14)15-9-5-4-6-10-15)13-22(2,3)20-16-11-7-8-12-17(16)23-21(19)20/h4-12,23H,13H2,1-3H3. The third-order valence-corrected chi connectivity index (χ3v) is 5.40. The Labute approximate surface area is 147 Å². The lowest BCUT2D eigenvalue weighted by Gasteiger charge is -2.31. The zero-order valence-electron chi connectivity index (χ0n) is 14.8. The molecule has 3 heteroatoms. The number of H-pyrrole nitrogens is 1. The second-order valence-electron chi connectivity index (χ2n) is 7.64. The van der Waals surface area contributed by atoms with Crippen LogP contribution in [0.25, 0.3) is 27.8 Å². The first-order valence-corrected chi connectivity index (χ1v) is 8.82. The summed E-state index contributed by atoms with van der Waals surface area (Å²) in [6.45, 7) is 6.80. The van der Waals surface area contributed by atoms with E-state index in [2.05, 4.69) is 79.0 Å². The fourth-order valence-electron chi connectivity index (χ4n) is 4.39. The molecule has 124 valence electrons. The molecule has 0 bridgehead atoms. The highest BCUT2D eigenvalue weighted by molar-refractivity contribution is 5.94. The van der Waals surface area contributed by atoms with Crippen LogP contribution in [0.2, 0.25) is 0 Å². The van der Waals surface area contributed by atoms with Crippen LogP contribution in [-0.4, -0.2) is 14.8 Å².